The first-order valence-electron chi connectivity index (χ1n) is 5.90. The van der Waals surface area contributed by atoms with E-state index >= 15 is 0 Å². The summed E-state index contributed by atoms with van der Waals surface area (Å²) < 4.78 is 14.3. The number of thiophene rings is 1. The van der Waals surface area contributed by atoms with Gasteiger partial charge in [0, 0.05) is 23.2 Å². The Hall–Kier alpha value is -1.50. The van der Waals surface area contributed by atoms with E-state index in [2.05, 4.69) is 0 Å². The van der Waals surface area contributed by atoms with Crippen LogP contribution in [0.4, 0.5) is 4.39 Å². The maximum Gasteiger partial charge on any atom is 0.264 e. The van der Waals surface area contributed by atoms with Crippen molar-refractivity contribution in [1.82, 2.24) is 4.90 Å². The summed E-state index contributed by atoms with van der Waals surface area (Å²) in [5.41, 5.74) is 0. The van der Waals surface area contributed by atoms with Crippen LogP contribution >= 0.6 is 11.3 Å². The summed E-state index contributed by atoms with van der Waals surface area (Å²) >= 11 is 1.21. The predicted octanol–water partition coefficient (Wildman–Crippen LogP) is 1.22. The van der Waals surface area contributed by atoms with Crippen molar-refractivity contribution in [2.75, 3.05) is 13.1 Å². The van der Waals surface area contributed by atoms with E-state index in [9.17, 15) is 19.4 Å². The summed E-state index contributed by atoms with van der Waals surface area (Å²) in [5.74, 6) is -0.634. The molecule has 0 radical (unpaired) electrons. The molecule has 0 saturated carbocycles. The smallest absolute Gasteiger partial charge is 0.264 e. The molecule has 3 rings (SSSR count). The molecule has 0 aliphatic carbocycles. The number of carbonyl (C=O) groups excluding carboxylic acids is 1. The van der Waals surface area contributed by atoms with Gasteiger partial charge in [-0.1, -0.05) is 6.07 Å². The third-order valence-electron chi connectivity index (χ3n) is 3.27. The van der Waals surface area contributed by atoms with Gasteiger partial charge in [0.25, 0.3) is 5.91 Å². The number of carbonyl (C=O) groups is 1. The molecule has 1 aromatic carbocycles. The number of likely N-dealkylation sites (tertiary alicyclic amines) is 1. The highest BCUT2D eigenvalue weighted by Gasteiger charge is 2.33. The van der Waals surface area contributed by atoms with Crippen molar-refractivity contribution < 1.29 is 19.4 Å². The third-order valence-corrected chi connectivity index (χ3v) is 4.35. The monoisotopic (exact) mass is 281 g/mol. The molecular formula is C13H12FNO3S. The molecule has 1 aromatic heterocycles. The number of rotatable bonds is 1. The Morgan fingerprint density at radius 2 is 2.00 bits per heavy atom. The van der Waals surface area contributed by atoms with E-state index < -0.39 is 12.2 Å². The molecule has 2 aromatic rings. The Kier molecular flexibility index (Phi) is 3.00. The topological polar surface area (TPSA) is 60.8 Å². The van der Waals surface area contributed by atoms with Crippen LogP contribution in [0.5, 0.6) is 0 Å². The Balaban J connectivity index is 1.92. The molecule has 1 saturated heterocycles. The van der Waals surface area contributed by atoms with Crippen LogP contribution in [-0.2, 0) is 0 Å². The van der Waals surface area contributed by atoms with Crippen molar-refractivity contribution in [3.05, 3.63) is 35.0 Å². The van der Waals surface area contributed by atoms with Crippen molar-refractivity contribution in [3.8, 4) is 0 Å². The molecule has 1 amide bonds. The molecule has 2 heterocycles. The first kappa shape index (κ1) is 12.5. The number of hydrogen-bond donors (Lipinski definition) is 2. The van der Waals surface area contributed by atoms with E-state index in [-0.39, 0.29) is 24.8 Å². The van der Waals surface area contributed by atoms with E-state index in [1.807, 2.05) is 0 Å². The summed E-state index contributed by atoms with van der Waals surface area (Å²) in [6.45, 7) is 0.216. The van der Waals surface area contributed by atoms with Gasteiger partial charge in [-0.2, -0.15) is 0 Å². The maximum absolute atomic E-state index is 13.6. The molecule has 1 fully saturated rings. The highest BCUT2D eigenvalue weighted by atomic mass is 32.1. The van der Waals surface area contributed by atoms with E-state index in [1.165, 1.54) is 28.4 Å². The molecule has 6 heteroatoms. The second-order valence-electron chi connectivity index (χ2n) is 4.61. The van der Waals surface area contributed by atoms with Crippen molar-refractivity contribution in [3.63, 3.8) is 0 Å². The number of hydrogen-bond acceptors (Lipinski definition) is 4. The molecule has 1 aliphatic rings. The highest BCUT2D eigenvalue weighted by Crippen LogP contribution is 2.29. The van der Waals surface area contributed by atoms with Crippen LogP contribution < -0.4 is 0 Å². The van der Waals surface area contributed by atoms with Gasteiger partial charge in [0.05, 0.1) is 17.1 Å². The predicted molar refractivity (Wildman–Crippen MR) is 69.7 cm³/mol. The van der Waals surface area contributed by atoms with Crippen LogP contribution in [-0.4, -0.2) is 46.3 Å². The molecule has 100 valence electrons. The lowest BCUT2D eigenvalue weighted by molar-refractivity contribution is 0.0572. The van der Waals surface area contributed by atoms with Crippen molar-refractivity contribution in [1.29, 1.82) is 0 Å². The van der Waals surface area contributed by atoms with Gasteiger partial charge in [0.15, 0.2) is 0 Å². The lowest BCUT2D eigenvalue weighted by Gasteiger charge is -2.13. The number of benzene rings is 1. The van der Waals surface area contributed by atoms with Gasteiger partial charge in [-0.15, -0.1) is 11.3 Å². The standard InChI is InChI=1S/C13H12FNO3S/c14-8-2-1-3-11-7(8)4-12(19-11)13(18)15-5-9(16)10(17)6-15/h1-4,9-10,16-17H,5-6H2. The van der Waals surface area contributed by atoms with Gasteiger partial charge < -0.3 is 15.1 Å². The van der Waals surface area contributed by atoms with Crippen molar-refractivity contribution in [2.24, 2.45) is 0 Å². The zero-order chi connectivity index (χ0) is 13.6. The van der Waals surface area contributed by atoms with Crippen LogP contribution in [0.15, 0.2) is 24.3 Å². The van der Waals surface area contributed by atoms with Crippen LogP contribution in [0.25, 0.3) is 10.1 Å². The first-order valence-corrected chi connectivity index (χ1v) is 6.71. The zero-order valence-electron chi connectivity index (χ0n) is 9.91. The normalized spacial score (nSPS) is 23.2. The summed E-state index contributed by atoms with van der Waals surface area (Å²) in [6, 6.07) is 6.24. The van der Waals surface area contributed by atoms with Gasteiger partial charge in [-0.25, -0.2) is 4.39 Å². The minimum Gasteiger partial charge on any atom is -0.388 e. The van der Waals surface area contributed by atoms with Crippen molar-refractivity contribution in [2.45, 2.75) is 12.2 Å². The Bertz CT molecular complexity index is 632. The molecule has 1 aliphatic heterocycles. The number of aliphatic hydroxyl groups excluding tert-OH is 2. The number of aliphatic hydroxyl groups is 2. The summed E-state index contributed by atoms with van der Waals surface area (Å²) in [4.78, 5) is 14.0. The molecule has 0 spiro atoms. The van der Waals surface area contributed by atoms with E-state index in [0.29, 0.717) is 15.0 Å². The summed E-state index contributed by atoms with van der Waals surface area (Å²) in [5, 5.41) is 19.3. The number of amides is 1. The first-order chi connectivity index (χ1) is 9.06. The second-order valence-corrected chi connectivity index (χ2v) is 5.69. The highest BCUT2D eigenvalue weighted by molar-refractivity contribution is 7.20. The number of β-amino-alcohol motifs (C(OH)–C–C–N with tert-alkyl or cyclic N) is 2. The lowest BCUT2D eigenvalue weighted by Crippen LogP contribution is -2.29. The largest absolute Gasteiger partial charge is 0.388 e. The van der Waals surface area contributed by atoms with Crippen LogP contribution in [0.1, 0.15) is 9.67 Å². The average Bonchev–Trinajstić information content (AvgIpc) is 2.94. The fourth-order valence-electron chi connectivity index (χ4n) is 2.22. The molecule has 0 bridgehead atoms. The van der Waals surface area contributed by atoms with E-state index in [1.54, 1.807) is 12.1 Å². The van der Waals surface area contributed by atoms with Crippen LogP contribution in [0, 0.1) is 5.82 Å². The van der Waals surface area contributed by atoms with Gasteiger partial charge in [0.1, 0.15) is 5.82 Å². The quantitative estimate of drug-likeness (QED) is 0.826. The molecule has 19 heavy (non-hydrogen) atoms. The average molecular weight is 281 g/mol. The minimum atomic E-state index is -0.907. The van der Waals surface area contributed by atoms with E-state index in [4.69, 9.17) is 0 Å². The second kappa shape index (κ2) is 4.56. The van der Waals surface area contributed by atoms with Crippen molar-refractivity contribution >= 4 is 27.3 Å². The minimum absolute atomic E-state index is 0.108. The third kappa shape index (κ3) is 2.11. The Labute approximate surface area is 112 Å². The fraction of sp³-hybridized carbons (Fsp3) is 0.308. The SMILES string of the molecule is O=C(c1cc2c(F)cccc2s1)N1CC(O)C(O)C1. The van der Waals surface area contributed by atoms with Crippen LogP contribution in [0.3, 0.4) is 0 Å². The molecular weight excluding hydrogens is 269 g/mol. The zero-order valence-corrected chi connectivity index (χ0v) is 10.7. The lowest BCUT2D eigenvalue weighted by atomic mass is 10.2. The number of halogens is 1. The molecule has 4 nitrogen and oxygen atoms in total. The van der Waals surface area contributed by atoms with Gasteiger partial charge in [-0.05, 0) is 18.2 Å². The Morgan fingerprint density at radius 3 is 2.63 bits per heavy atom. The summed E-state index contributed by atoms with van der Waals surface area (Å²) in [7, 11) is 0. The van der Waals surface area contributed by atoms with Gasteiger partial charge in [0.2, 0.25) is 0 Å². The van der Waals surface area contributed by atoms with Gasteiger partial charge in [-0.3, -0.25) is 4.79 Å². The van der Waals surface area contributed by atoms with E-state index in [0.717, 1.165) is 0 Å². The molecule has 2 unspecified atom stereocenters. The summed E-state index contributed by atoms with van der Waals surface area (Å²) in [6.07, 6.45) is -1.81. The van der Waals surface area contributed by atoms with Crippen LogP contribution in [0.2, 0.25) is 0 Å². The van der Waals surface area contributed by atoms with Gasteiger partial charge >= 0.3 is 0 Å². The molecule has 2 atom stereocenters. The number of fused-ring (bicyclic) bond motifs is 1. The molecule has 2 N–H and O–H groups in total. The number of nitrogens with zero attached hydrogens (tertiary/aromatic N) is 1. The Morgan fingerprint density at radius 1 is 1.32 bits per heavy atom. The fourth-order valence-corrected chi connectivity index (χ4v) is 3.26. The maximum atomic E-state index is 13.6.